The Balaban J connectivity index is 2.47. The van der Waals surface area contributed by atoms with Gasteiger partial charge in [-0.2, -0.15) is 4.37 Å². The van der Waals surface area contributed by atoms with E-state index in [4.69, 9.17) is 11.6 Å². The summed E-state index contributed by atoms with van der Waals surface area (Å²) >= 11 is 12.8. The third-order valence-electron chi connectivity index (χ3n) is 1.57. The second-order valence-electron chi connectivity index (χ2n) is 2.50. The van der Waals surface area contributed by atoms with Gasteiger partial charge in [0.2, 0.25) is 3.83 Å². The lowest BCUT2D eigenvalue weighted by molar-refractivity contribution is 1.25. The van der Waals surface area contributed by atoms with Crippen LogP contribution >= 0.6 is 61.7 Å². The van der Waals surface area contributed by atoms with Crippen LogP contribution in [0.4, 0.5) is 0 Å². The topological polar surface area (TPSA) is 25.8 Å². The van der Waals surface area contributed by atoms with Gasteiger partial charge in [-0.05, 0) is 39.6 Å². The molecule has 0 aliphatic carbocycles. The average Bonchev–Trinajstić information content (AvgIpc) is 2.57. The van der Waals surface area contributed by atoms with E-state index < -0.39 is 0 Å². The van der Waals surface area contributed by atoms with Gasteiger partial charge < -0.3 is 0 Å². The lowest BCUT2D eigenvalue weighted by Crippen LogP contribution is -1.78. The minimum absolute atomic E-state index is 0.688. The van der Waals surface area contributed by atoms with Crippen molar-refractivity contribution in [3.05, 3.63) is 31.5 Å². The number of hydrogen-bond donors (Lipinski definition) is 0. The lowest BCUT2D eigenvalue weighted by atomic mass is 10.2. The molecule has 2 aromatic rings. The first-order valence-corrected chi connectivity index (χ1v) is 6.64. The highest BCUT2D eigenvalue weighted by atomic mass is 127. The smallest absolute Gasteiger partial charge is 0.203 e. The maximum Gasteiger partial charge on any atom is 0.203 e. The van der Waals surface area contributed by atoms with Crippen molar-refractivity contribution < 1.29 is 0 Å². The summed E-state index contributed by atoms with van der Waals surface area (Å²) in [6.45, 7) is 0. The summed E-state index contributed by atoms with van der Waals surface area (Å²) < 4.78 is 5.76. The van der Waals surface area contributed by atoms with Gasteiger partial charge in [-0.15, -0.1) is 0 Å². The minimum atomic E-state index is 0.688. The number of rotatable bonds is 1. The molecule has 0 aliphatic rings. The molecule has 72 valence electrons. The Hall–Kier alpha value is 0.280. The Morgan fingerprint density at radius 2 is 2.21 bits per heavy atom. The molecule has 2 nitrogen and oxygen atoms in total. The molecule has 14 heavy (non-hydrogen) atoms. The van der Waals surface area contributed by atoms with E-state index in [0.29, 0.717) is 5.02 Å². The van der Waals surface area contributed by atoms with Crippen LogP contribution in [0.25, 0.3) is 10.6 Å². The Bertz CT molecular complexity index is 474. The van der Waals surface area contributed by atoms with Gasteiger partial charge in [0.25, 0.3) is 0 Å². The van der Waals surface area contributed by atoms with E-state index in [0.717, 1.165) is 18.9 Å². The first-order valence-electron chi connectivity index (χ1n) is 3.61. The van der Waals surface area contributed by atoms with Crippen LogP contribution in [-0.4, -0.2) is 9.36 Å². The molecule has 0 unspecified atom stereocenters. The number of aromatic nitrogens is 2. The van der Waals surface area contributed by atoms with Crippen molar-refractivity contribution in [1.82, 2.24) is 9.36 Å². The molecule has 0 bridgehead atoms. The van der Waals surface area contributed by atoms with Crippen LogP contribution in [0.3, 0.4) is 0 Å². The van der Waals surface area contributed by atoms with Crippen LogP contribution in [0.2, 0.25) is 5.02 Å². The van der Waals surface area contributed by atoms with Gasteiger partial charge in [0.05, 0.1) is 5.02 Å². The Labute approximate surface area is 112 Å². The molecule has 0 fully saturated rings. The molecule has 0 N–H and O–H groups in total. The second kappa shape index (κ2) is 4.42. The molecular weight excluding hydrogens is 398 g/mol. The van der Waals surface area contributed by atoms with Crippen molar-refractivity contribution in [2.45, 2.75) is 0 Å². The molecule has 0 spiro atoms. The fourth-order valence-corrected chi connectivity index (χ4v) is 2.64. The molecule has 0 atom stereocenters. The Kier molecular flexibility index (Phi) is 3.41. The number of hydrogen-bond acceptors (Lipinski definition) is 3. The number of nitrogens with zero attached hydrogens (tertiary/aromatic N) is 2. The van der Waals surface area contributed by atoms with Gasteiger partial charge in [-0.25, -0.2) is 4.98 Å². The summed E-state index contributed by atoms with van der Waals surface area (Å²) in [5.74, 6) is 0. The SMILES string of the molecule is Clc1cc(-c2nc(I)ns2)ccc1Br. The zero-order chi connectivity index (χ0) is 10.1. The molecule has 6 heteroatoms. The van der Waals surface area contributed by atoms with E-state index in [9.17, 15) is 0 Å². The fourth-order valence-electron chi connectivity index (χ4n) is 0.952. The predicted octanol–water partition coefficient (Wildman–Crippen LogP) is 4.23. The van der Waals surface area contributed by atoms with Gasteiger partial charge in [0, 0.05) is 32.6 Å². The normalized spacial score (nSPS) is 10.5. The highest BCUT2D eigenvalue weighted by Gasteiger charge is 2.06. The maximum absolute atomic E-state index is 5.98. The Morgan fingerprint density at radius 1 is 1.43 bits per heavy atom. The second-order valence-corrected chi connectivity index (χ2v) is 5.48. The molecule has 0 aliphatic heterocycles. The van der Waals surface area contributed by atoms with Gasteiger partial charge in [0.1, 0.15) is 5.01 Å². The molecule has 0 saturated carbocycles. The zero-order valence-electron chi connectivity index (χ0n) is 6.67. The number of halogens is 3. The summed E-state index contributed by atoms with van der Waals surface area (Å²) in [5.41, 5.74) is 0.999. The van der Waals surface area contributed by atoms with E-state index in [1.807, 2.05) is 18.2 Å². The van der Waals surface area contributed by atoms with Crippen molar-refractivity contribution in [3.63, 3.8) is 0 Å². The first kappa shape index (κ1) is 10.8. The number of benzene rings is 1. The largest absolute Gasteiger partial charge is 0.210 e. The van der Waals surface area contributed by atoms with Gasteiger partial charge >= 0.3 is 0 Å². The van der Waals surface area contributed by atoms with Crippen LogP contribution in [0.15, 0.2) is 22.7 Å². The molecule has 0 radical (unpaired) electrons. The molecule has 1 aromatic carbocycles. The third-order valence-corrected chi connectivity index (χ3v) is 4.37. The van der Waals surface area contributed by atoms with Gasteiger partial charge in [-0.3, -0.25) is 0 Å². The van der Waals surface area contributed by atoms with Crippen LogP contribution < -0.4 is 0 Å². The quantitative estimate of drug-likeness (QED) is 0.669. The Morgan fingerprint density at radius 3 is 2.79 bits per heavy atom. The van der Waals surface area contributed by atoms with Crippen LogP contribution in [0, 0.1) is 3.83 Å². The standard InChI is InChI=1S/C8H3BrClIN2S/c9-5-2-1-4(3-6(5)10)7-12-8(11)13-14-7/h1-3H. The average molecular weight is 401 g/mol. The summed E-state index contributed by atoms with van der Waals surface area (Å²) in [7, 11) is 0. The maximum atomic E-state index is 5.98. The fraction of sp³-hybridized carbons (Fsp3) is 0. The van der Waals surface area contributed by atoms with Crippen molar-refractivity contribution in [1.29, 1.82) is 0 Å². The summed E-state index contributed by atoms with van der Waals surface area (Å²) in [4.78, 5) is 4.27. The molecular formula is C8H3BrClIN2S. The van der Waals surface area contributed by atoms with Crippen molar-refractivity contribution in [2.24, 2.45) is 0 Å². The van der Waals surface area contributed by atoms with Gasteiger partial charge in [0.15, 0.2) is 0 Å². The summed E-state index contributed by atoms with van der Waals surface area (Å²) in [6, 6.07) is 5.75. The molecule has 1 aromatic heterocycles. The van der Waals surface area contributed by atoms with Crippen molar-refractivity contribution >= 4 is 61.7 Å². The van der Waals surface area contributed by atoms with Crippen molar-refractivity contribution in [2.75, 3.05) is 0 Å². The molecule has 2 rings (SSSR count). The highest BCUT2D eigenvalue weighted by Crippen LogP contribution is 2.29. The monoisotopic (exact) mass is 400 g/mol. The summed E-state index contributed by atoms with van der Waals surface area (Å²) in [5, 5.41) is 1.58. The van der Waals surface area contributed by atoms with E-state index in [2.05, 4.69) is 47.9 Å². The highest BCUT2D eigenvalue weighted by molar-refractivity contribution is 14.1. The predicted molar refractivity (Wildman–Crippen MR) is 70.8 cm³/mol. The zero-order valence-corrected chi connectivity index (χ0v) is 12.0. The van der Waals surface area contributed by atoms with E-state index in [1.54, 1.807) is 0 Å². The first-order chi connectivity index (χ1) is 6.66. The van der Waals surface area contributed by atoms with Gasteiger partial charge in [-0.1, -0.05) is 17.7 Å². The molecule has 0 amide bonds. The van der Waals surface area contributed by atoms with E-state index in [1.165, 1.54) is 11.5 Å². The minimum Gasteiger partial charge on any atom is -0.210 e. The van der Waals surface area contributed by atoms with Crippen molar-refractivity contribution in [3.8, 4) is 10.6 Å². The van der Waals surface area contributed by atoms with Crippen LogP contribution in [0.1, 0.15) is 0 Å². The van der Waals surface area contributed by atoms with Crippen LogP contribution in [-0.2, 0) is 0 Å². The van der Waals surface area contributed by atoms with E-state index >= 15 is 0 Å². The molecule has 0 saturated heterocycles. The lowest BCUT2D eigenvalue weighted by Gasteiger charge is -1.98. The molecule has 1 heterocycles. The van der Waals surface area contributed by atoms with Crippen LogP contribution in [0.5, 0.6) is 0 Å². The summed E-state index contributed by atoms with van der Waals surface area (Å²) in [6.07, 6.45) is 0. The van der Waals surface area contributed by atoms with E-state index in [-0.39, 0.29) is 0 Å². The third kappa shape index (κ3) is 2.26.